The number of carbonyl (C=O) groups is 3. The number of carbonyl (C=O) groups excluding carboxylic acids is 2. The molecule has 0 aliphatic carbocycles. The quantitative estimate of drug-likeness (QED) is 0.370. The van der Waals surface area contributed by atoms with Gasteiger partial charge in [-0.05, 0) is 18.6 Å². The molecule has 0 fully saturated rings. The first-order valence-electron chi connectivity index (χ1n) is 7.55. The van der Waals surface area contributed by atoms with Gasteiger partial charge in [0.15, 0.2) is 6.04 Å². The number of aromatic nitrogens is 1. The van der Waals surface area contributed by atoms with Crippen LogP contribution in [0.1, 0.15) is 12.5 Å². The summed E-state index contributed by atoms with van der Waals surface area (Å²) in [6.07, 6.45) is 1.62. The monoisotopic (exact) mass is 347 g/mol. The molecule has 0 saturated carbocycles. The SMILES string of the molecule is CCOC(=O)C(NC(=O)C(Cc1c[nH]c2ccccc12)N=O)C(=O)O. The van der Waals surface area contributed by atoms with Crippen LogP contribution >= 0.6 is 0 Å². The van der Waals surface area contributed by atoms with E-state index in [1.807, 2.05) is 29.6 Å². The van der Waals surface area contributed by atoms with Gasteiger partial charge >= 0.3 is 11.9 Å². The topological polar surface area (TPSA) is 138 Å². The standard InChI is InChI=1S/C16H17N3O6/c1-2-25-16(23)13(15(21)22)18-14(20)12(19-24)7-9-8-17-11-6-4-3-5-10(9)11/h3-6,8,12-13,17H,2,7H2,1H3,(H,18,20)(H,21,22). The van der Waals surface area contributed by atoms with Crippen molar-refractivity contribution in [3.63, 3.8) is 0 Å². The molecule has 2 rings (SSSR count). The van der Waals surface area contributed by atoms with Gasteiger partial charge in [0.25, 0.3) is 0 Å². The van der Waals surface area contributed by atoms with Gasteiger partial charge in [-0.15, -0.1) is 4.91 Å². The highest BCUT2D eigenvalue weighted by molar-refractivity contribution is 6.02. The number of para-hydroxylation sites is 1. The van der Waals surface area contributed by atoms with Gasteiger partial charge in [0.2, 0.25) is 11.9 Å². The lowest BCUT2D eigenvalue weighted by molar-refractivity contribution is -0.156. The number of nitrogens with one attached hydrogen (secondary N) is 2. The van der Waals surface area contributed by atoms with E-state index in [2.05, 4.69) is 14.9 Å². The maximum Gasteiger partial charge on any atom is 0.340 e. The van der Waals surface area contributed by atoms with E-state index in [0.29, 0.717) is 5.56 Å². The predicted octanol–water partition coefficient (Wildman–Crippen LogP) is 0.978. The third kappa shape index (κ3) is 4.19. The van der Waals surface area contributed by atoms with Crippen molar-refractivity contribution in [2.45, 2.75) is 25.4 Å². The van der Waals surface area contributed by atoms with E-state index < -0.39 is 29.9 Å². The Bertz CT molecular complexity index is 800. The van der Waals surface area contributed by atoms with Crippen LogP contribution in [0, 0.1) is 4.91 Å². The Kier molecular flexibility index (Phi) is 5.83. The number of nitrogens with zero attached hydrogens (tertiary/aromatic N) is 1. The second kappa shape index (κ2) is 8.04. The molecule has 2 aromatic rings. The lowest BCUT2D eigenvalue weighted by Gasteiger charge is -2.15. The first-order valence-corrected chi connectivity index (χ1v) is 7.55. The molecule has 0 aliphatic rings. The summed E-state index contributed by atoms with van der Waals surface area (Å²) < 4.78 is 4.59. The number of amides is 1. The van der Waals surface area contributed by atoms with E-state index in [4.69, 9.17) is 5.11 Å². The normalized spacial score (nSPS) is 13.0. The Balaban J connectivity index is 2.13. The van der Waals surface area contributed by atoms with E-state index in [9.17, 15) is 19.3 Å². The third-order valence-corrected chi connectivity index (χ3v) is 3.57. The number of benzene rings is 1. The van der Waals surface area contributed by atoms with Crippen LogP contribution in [-0.4, -0.2) is 46.6 Å². The number of rotatable bonds is 8. The highest BCUT2D eigenvalue weighted by Gasteiger charge is 2.32. The minimum absolute atomic E-state index is 0.0332. The molecule has 0 bridgehead atoms. The molecule has 2 unspecified atom stereocenters. The zero-order valence-electron chi connectivity index (χ0n) is 13.4. The van der Waals surface area contributed by atoms with Crippen molar-refractivity contribution >= 4 is 28.7 Å². The number of hydrogen-bond donors (Lipinski definition) is 3. The number of aromatic amines is 1. The number of nitroso groups, excluding NO2 is 1. The summed E-state index contributed by atoms with van der Waals surface area (Å²) in [5, 5.41) is 14.6. The van der Waals surface area contributed by atoms with Crippen LogP contribution in [0.5, 0.6) is 0 Å². The number of carboxylic acid groups (broad SMARTS) is 1. The molecule has 0 saturated heterocycles. The molecule has 3 N–H and O–H groups in total. The molecule has 1 heterocycles. The van der Waals surface area contributed by atoms with Crippen LogP contribution in [0.15, 0.2) is 35.6 Å². The fourth-order valence-corrected chi connectivity index (χ4v) is 2.37. The highest BCUT2D eigenvalue weighted by Crippen LogP contribution is 2.20. The summed E-state index contributed by atoms with van der Waals surface area (Å²) in [6.45, 7) is 1.47. The Labute approximate surface area is 142 Å². The van der Waals surface area contributed by atoms with Crippen molar-refractivity contribution in [1.29, 1.82) is 0 Å². The van der Waals surface area contributed by atoms with E-state index in [1.54, 1.807) is 6.20 Å². The van der Waals surface area contributed by atoms with Crippen LogP contribution in [-0.2, 0) is 25.5 Å². The molecule has 0 aliphatic heterocycles. The maximum atomic E-state index is 12.2. The minimum Gasteiger partial charge on any atom is -0.479 e. The number of carboxylic acids is 1. The van der Waals surface area contributed by atoms with Gasteiger partial charge in [0, 0.05) is 23.5 Å². The van der Waals surface area contributed by atoms with Gasteiger partial charge in [0.05, 0.1) is 6.61 Å². The first kappa shape index (κ1) is 18.1. The lowest BCUT2D eigenvalue weighted by atomic mass is 10.0. The number of H-pyrrole nitrogens is 1. The molecular weight excluding hydrogens is 330 g/mol. The van der Waals surface area contributed by atoms with Crippen LogP contribution < -0.4 is 5.32 Å². The van der Waals surface area contributed by atoms with Gasteiger partial charge in [-0.1, -0.05) is 23.4 Å². The third-order valence-electron chi connectivity index (χ3n) is 3.57. The fraction of sp³-hybridized carbons (Fsp3) is 0.312. The lowest BCUT2D eigenvalue weighted by Crippen LogP contribution is -2.50. The average molecular weight is 347 g/mol. The molecule has 0 radical (unpaired) electrons. The van der Waals surface area contributed by atoms with Crippen molar-refractivity contribution in [3.05, 3.63) is 40.9 Å². The summed E-state index contributed by atoms with van der Waals surface area (Å²) in [5.41, 5.74) is 1.51. The molecular formula is C16H17N3O6. The first-order chi connectivity index (χ1) is 12.0. The molecule has 132 valence electrons. The van der Waals surface area contributed by atoms with E-state index >= 15 is 0 Å². The zero-order valence-corrected chi connectivity index (χ0v) is 13.4. The molecule has 9 nitrogen and oxygen atoms in total. The van der Waals surface area contributed by atoms with Crippen molar-refractivity contribution < 1.29 is 24.2 Å². The molecule has 2 atom stereocenters. The molecule has 1 aromatic heterocycles. The summed E-state index contributed by atoms with van der Waals surface area (Å²) in [4.78, 5) is 49.0. The summed E-state index contributed by atoms with van der Waals surface area (Å²) in [7, 11) is 0. The molecule has 0 spiro atoms. The molecule has 1 amide bonds. The summed E-state index contributed by atoms with van der Waals surface area (Å²) in [5.74, 6) is -3.65. The Morgan fingerprint density at radius 2 is 2.04 bits per heavy atom. The second-order valence-corrected chi connectivity index (χ2v) is 5.22. The summed E-state index contributed by atoms with van der Waals surface area (Å²) >= 11 is 0. The van der Waals surface area contributed by atoms with Crippen molar-refractivity contribution in [3.8, 4) is 0 Å². The van der Waals surface area contributed by atoms with Crippen LogP contribution in [0.25, 0.3) is 10.9 Å². The van der Waals surface area contributed by atoms with E-state index in [1.165, 1.54) is 6.92 Å². The molecule has 9 heteroatoms. The second-order valence-electron chi connectivity index (χ2n) is 5.22. The number of aliphatic carboxylic acids is 1. The Morgan fingerprint density at radius 1 is 1.32 bits per heavy atom. The zero-order chi connectivity index (χ0) is 18.4. The predicted molar refractivity (Wildman–Crippen MR) is 87.8 cm³/mol. The average Bonchev–Trinajstić information content (AvgIpc) is 3.00. The Morgan fingerprint density at radius 3 is 2.68 bits per heavy atom. The maximum absolute atomic E-state index is 12.2. The van der Waals surface area contributed by atoms with Gasteiger partial charge in [-0.2, -0.15) is 0 Å². The number of fused-ring (bicyclic) bond motifs is 1. The fourth-order valence-electron chi connectivity index (χ4n) is 2.37. The summed E-state index contributed by atoms with van der Waals surface area (Å²) in [6, 6.07) is 4.03. The number of hydrogen-bond acceptors (Lipinski definition) is 6. The molecule has 1 aromatic carbocycles. The van der Waals surface area contributed by atoms with Crippen molar-refractivity contribution in [2.24, 2.45) is 5.18 Å². The Hall–Kier alpha value is -3.23. The largest absolute Gasteiger partial charge is 0.479 e. The number of esters is 1. The van der Waals surface area contributed by atoms with Gasteiger partial charge < -0.3 is 20.1 Å². The smallest absolute Gasteiger partial charge is 0.340 e. The molecule has 25 heavy (non-hydrogen) atoms. The van der Waals surface area contributed by atoms with Gasteiger partial charge in [-0.3, -0.25) is 4.79 Å². The van der Waals surface area contributed by atoms with E-state index in [-0.39, 0.29) is 13.0 Å². The van der Waals surface area contributed by atoms with Crippen molar-refractivity contribution in [2.75, 3.05) is 6.61 Å². The van der Waals surface area contributed by atoms with Crippen LogP contribution in [0.3, 0.4) is 0 Å². The van der Waals surface area contributed by atoms with Gasteiger partial charge in [-0.25, -0.2) is 9.59 Å². The minimum atomic E-state index is -1.89. The van der Waals surface area contributed by atoms with Gasteiger partial charge in [0.1, 0.15) is 0 Å². The van der Waals surface area contributed by atoms with Crippen LogP contribution in [0.4, 0.5) is 0 Å². The van der Waals surface area contributed by atoms with Crippen molar-refractivity contribution in [1.82, 2.24) is 10.3 Å². The number of ether oxygens (including phenoxy) is 1. The van der Waals surface area contributed by atoms with E-state index in [0.717, 1.165) is 10.9 Å². The highest BCUT2D eigenvalue weighted by atomic mass is 16.5. The van der Waals surface area contributed by atoms with Crippen LogP contribution in [0.2, 0.25) is 0 Å².